The zero-order valence-corrected chi connectivity index (χ0v) is 7.70. The molecule has 0 aliphatic heterocycles. The minimum atomic E-state index is 0.550. The quantitative estimate of drug-likeness (QED) is 0.626. The summed E-state index contributed by atoms with van der Waals surface area (Å²) in [6.07, 6.45) is 1.69. The van der Waals surface area contributed by atoms with Crippen molar-refractivity contribution < 1.29 is 0 Å². The van der Waals surface area contributed by atoms with Crippen molar-refractivity contribution in [1.29, 1.82) is 0 Å². The Kier molecular flexibility index (Phi) is 2.41. The monoisotopic (exact) mass is 187 g/mol. The third-order valence-electron chi connectivity index (χ3n) is 1.84. The number of halogens is 1. The van der Waals surface area contributed by atoms with Crippen molar-refractivity contribution in [1.82, 2.24) is 4.98 Å². The fourth-order valence-electron chi connectivity index (χ4n) is 1.22. The molecule has 2 rings (SSSR count). The van der Waals surface area contributed by atoms with E-state index in [1.807, 2.05) is 43.2 Å². The van der Waals surface area contributed by atoms with E-state index in [0.29, 0.717) is 5.15 Å². The number of hydrogen-bond acceptors (Lipinski definition) is 1. The topological polar surface area (TPSA) is 12.9 Å². The first-order chi connectivity index (χ1) is 6.38. The van der Waals surface area contributed by atoms with Crippen LogP contribution in [0.4, 0.5) is 0 Å². The summed E-state index contributed by atoms with van der Waals surface area (Å²) in [6, 6.07) is 9.83. The van der Waals surface area contributed by atoms with Crippen LogP contribution in [0, 0.1) is 0 Å². The van der Waals surface area contributed by atoms with Crippen LogP contribution in [0.5, 0.6) is 0 Å². The second-order valence-electron chi connectivity index (χ2n) is 2.71. The molecule has 0 atom stereocenters. The molecule has 0 bridgehead atoms. The molecule has 0 aliphatic carbocycles. The maximum atomic E-state index is 5.95. The van der Waals surface area contributed by atoms with Gasteiger partial charge in [-0.1, -0.05) is 0 Å². The molecule has 62 valence electrons. The molecule has 0 saturated heterocycles. The number of aromatic nitrogens is 1. The van der Waals surface area contributed by atoms with Gasteiger partial charge in [-0.25, -0.2) is 0 Å². The fraction of sp³-hybridized carbons (Fsp3) is 0. The van der Waals surface area contributed by atoms with Gasteiger partial charge >= 0.3 is 82.2 Å². The molecule has 0 saturated carbocycles. The van der Waals surface area contributed by atoms with Crippen molar-refractivity contribution in [3.8, 4) is 11.0 Å². The fourth-order valence-corrected chi connectivity index (χ4v) is 1.45. The zero-order valence-electron chi connectivity index (χ0n) is 6.94. The van der Waals surface area contributed by atoms with Crippen LogP contribution < -0.4 is 0 Å². The molecule has 2 aromatic heterocycles. The predicted octanol–water partition coefficient (Wildman–Crippen LogP) is 2.74. The van der Waals surface area contributed by atoms with E-state index < -0.39 is 0 Å². The molecule has 0 unspecified atom stereocenters. The standard InChI is InChI=1S/C10H7BClN/c12-10-8(4-3-7-13-10)9-5-1-2-6-11-9/h1-7H. The van der Waals surface area contributed by atoms with Crippen LogP contribution in [0.3, 0.4) is 0 Å². The first kappa shape index (κ1) is 8.45. The van der Waals surface area contributed by atoms with E-state index in [1.165, 1.54) is 0 Å². The minimum absolute atomic E-state index is 0.550. The summed E-state index contributed by atoms with van der Waals surface area (Å²) in [5.74, 6) is 1.98. The van der Waals surface area contributed by atoms with Gasteiger partial charge in [0.15, 0.2) is 0 Å². The molecule has 0 radical (unpaired) electrons. The van der Waals surface area contributed by atoms with E-state index in [1.54, 1.807) is 6.20 Å². The van der Waals surface area contributed by atoms with Crippen LogP contribution in [-0.2, 0) is 0 Å². The summed E-state index contributed by atoms with van der Waals surface area (Å²) in [6.45, 7) is 2.02. The molecule has 0 amide bonds. The van der Waals surface area contributed by atoms with Crippen molar-refractivity contribution in [3.63, 3.8) is 0 Å². The third kappa shape index (κ3) is 1.78. The summed E-state index contributed by atoms with van der Waals surface area (Å²) >= 11 is 5.95. The van der Waals surface area contributed by atoms with E-state index >= 15 is 0 Å². The molecule has 0 aromatic carbocycles. The Morgan fingerprint density at radius 3 is 2.77 bits per heavy atom. The number of rotatable bonds is 1. The zero-order chi connectivity index (χ0) is 9.10. The second kappa shape index (κ2) is 3.71. The molecule has 0 spiro atoms. The maximum absolute atomic E-state index is 5.95. The molecule has 1 nitrogen and oxygen atoms in total. The first-order valence-electron chi connectivity index (χ1n) is 4.04. The Balaban J connectivity index is 2.54. The van der Waals surface area contributed by atoms with Gasteiger partial charge in [0.25, 0.3) is 0 Å². The molecule has 0 N–H and O–H groups in total. The Hall–Kier alpha value is -1.15. The van der Waals surface area contributed by atoms with E-state index in [0.717, 1.165) is 11.0 Å². The third-order valence-corrected chi connectivity index (χ3v) is 2.15. The van der Waals surface area contributed by atoms with Gasteiger partial charge in [0, 0.05) is 0 Å². The molecule has 13 heavy (non-hydrogen) atoms. The molecule has 2 heterocycles. The van der Waals surface area contributed by atoms with Gasteiger partial charge in [-0.05, 0) is 0 Å². The van der Waals surface area contributed by atoms with E-state index in [9.17, 15) is 0 Å². The van der Waals surface area contributed by atoms with Crippen molar-refractivity contribution in [2.45, 2.75) is 0 Å². The van der Waals surface area contributed by atoms with Gasteiger partial charge in [-0.3, -0.25) is 0 Å². The van der Waals surface area contributed by atoms with Gasteiger partial charge in [0.2, 0.25) is 0 Å². The van der Waals surface area contributed by atoms with Crippen LogP contribution in [0.2, 0.25) is 5.15 Å². The molecule has 3 heteroatoms. The Bertz CT molecular complexity index is 403. The van der Waals surface area contributed by atoms with Crippen molar-refractivity contribution in [2.75, 3.05) is 0 Å². The normalized spacial score (nSPS) is 9.62. The molecule has 2 aromatic rings. The average Bonchev–Trinajstić information content (AvgIpc) is 2.20. The van der Waals surface area contributed by atoms with Crippen molar-refractivity contribution in [3.05, 3.63) is 47.6 Å². The molecular weight excluding hydrogens is 180 g/mol. The van der Waals surface area contributed by atoms with Gasteiger partial charge in [0.1, 0.15) is 0 Å². The van der Waals surface area contributed by atoms with Gasteiger partial charge < -0.3 is 0 Å². The number of hydrogen-bond donors (Lipinski definition) is 0. The predicted molar refractivity (Wildman–Crippen MR) is 56.0 cm³/mol. The first-order valence-corrected chi connectivity index (χ1v) is 4.41. The van der Waals surface area contributed by atoms with Crippen LogP contribution >= 0.6 is 11.6 Å². The van der Waals surface area contributed by atoms with E-state index in [-0.39, 0.29) is 0 Å². The summed E-state index contributed by atoms with van der Waals surface area (Å²) < 4.78 is 0. The summed E-state index contributed by atoms with van der Waals surface area (Å²) in [5, 5.41) is 0.550. The number of pyridine rings is 1. The van der Waals surface area contributed by atoms with Crippen LogP contribution in [0.25, 0.3) is 11.0 Å². The van der Waals surface area contributed by atoms with Gasteiger partial charge in [-0.2, -0.15) is 0 Å². The van der Waals surface area contributed by atoms with Crippen LogP contribution in [-0.4, -0.2) is 11.9 Å². The summed E-state index contributed by atoms with van der Waals surface area (Å²) in [4.78, 5) is 4.02. The van der Waals surface area contributed by atoms with Crippen molar-refractivity contribution >= 4 is 18.5 Å². The Morgan fingerprint density at radius 1 is 1.15 bits per heavy atom. The summed E-state index contributed by atoms with van der Waals surface area (Å²) in [7, 11) is 0. The molecule has 0 fully saturated rings. The summed E-state index contributed by atoms with van der Waals surface area (Å²) in [5.41, 5.74) is 2.07. The van der Waals surface area contributed by atoms with E-state index in [2.05, 4.69) is 4.98 Å². The SMILES string of the molecule is Clc1ncccc1-c1bcccc1. The van der Waals surface area contributed by atoms with Gasteiger partial charge in [-0.15, -0.1) is 0 Å². The second-order valence-corrected chi connectivity index (χ2v) is 3.07. The Labute approximate surface area is 82.6 Å². The van der Waals surface area contributed by atoms with E-state index in [4.69, 9.17) is 11.6 Å². The van der Waals surface area contributed by atoms with Crippen LogP contribution in [0.15, 0.2) is 42.5 Å². The van der Waals surface area contributed by atoms with Crippen molar-refractivity contribution in [2.24, 2.45) is 0 Å². The van der Waals surface area contributed by atoms with Gasteiger partial charge in [0.05, 0.1) is 0 Å². The van der Waals surface area contributed by atoms with Crippen LogP contribution in [0.1, 0.15) is 0 Å². The molecule has 0 aliphatic rings. The Morgan fingerprint density at radius 2 is 2.08 bits per heavy atom. The number of nitrogens with zero attached hydrogens (tertiary/aromatic N) is 1. The molecular formula is C10H7BClN. The average molecular weight is 187 g/mol.